The summed E-state index contributed by atoms with van der Waals surface area (Å²) in [5.41, 5.74) is 1.13. The van der Waals surface area contributed by atoms with Gasteiger partial charge in [0, 0.05) is 13.1 Å². The zero-order valence-electron chi connectivity index (χ0n) is 13.4. The minimum Gasteiger partial charge on any atom is -0.493 e. The molecule has 0 bridgehead atoms. The summed E-state index contributed by atoms with van der Waals surface area (Å²) >= 11 is 0. The Labute approximate surface area is 135 Å². The first kappa shape index (κ1) is 16.5. The van der Waals surface area contributed by atoms with Crippen molar-refractivity contribution in [2.75, 3.05) is 37.9 Å². The third kappa shape index (κ3) is 4.84. The highest BCUT2D eigenvalue weighted by Crippen LogP contribution is 2.27. The van der Waals surface area contributed by atoms with Crippen LogP contribution in [0.25, 0.3) is 0 Å². The van der Waals surface area contributed by atoms with Gasteiger partial charge in [0.05, 0.1) is 20.4 Å². The van der Waals surface area contributed by atoms with Crippen molar-refractivity contribution in [2.24, 2.45) is 0 Å². The molecule has 7 nitrogen and oxygen atoms in total. The molecule has 2 aromatic rings. The number of nitrogens with one attached hydrogen (secondary N) is 2. The summed E-state index contributed by atoms with van der Waals surface area (Å²) in [5, 5.41) is 14.1. The maximum Gasteiger partial charge on any atom is 0.244 e. The van der Waals surface area contributed by atoms with Crippen molar-refractivity contribution >= 4 is 11.8 Å². The average molecular weight is 315 g/mol. The molecule has 0 aliphatic heterocycles. The van der Waals surface area contributed by atoms with Gasteiger partial charge >= 0.3 is 0 Å². The molecular weight excluding hydrogens is 294 g/mol. The predicted molar refractivity (Wildman–Crippen MR) is 90.3 cm³/mol. The third-order valence-corrected chi connectivity index (χ3v) is 3.13. The first-order valence-corrected chi connectivity index (χ1v) is 7.26. The SMILES string of the molecule is C=CCNc1cnnc(NCCc2ccc(OC)c(OC)c2)n1. The highest BCUT2D eigenvalue weighted by Gasteiger charge is 2.05. The number of methoxy groups -OCH3 is 2. The molecule has 23 heavy (non-hydrogen) atoms. The van der Waals surface area contributed by atoms with Crippen molar-refractivity contribution in [3.63, 3.8) is 0 Å². The lowest BCUT2D eigenvalue weighted by atomic mass is 10.1. The monoisotopic (exact) mass is 315 g/mol. The van der Waals surface area contributed by atoms with E-state index in [0.717, 1.165) is 23.5 Å². The van der Waals surface area contributed by atoms with Gasteiger partial charge in [-0.05, 0) is 24.1 Å². The van der Waals surface area contributed by atoms with Crippen LogP contribution in [0, 0.1) is 0 Å². The predicted octanol–water partition coefficient (Wildman–Crippen LogP) is 2.14. The van der Waals surface area contributed by atoms with Crippen LogP contribution < -0.4 is 20.1 Å². The molecule has 0 aliphatic rings. The second kappa shape index (κ2) is 8.57. The summed E-state index contributed by atoms with van der Waals surface area (Å²) in [6.07, 6.45) is 4.13. The number of ether oxygens (including phenoxy) is 2. The van der Waals surface area contributed by atoms with Crippen molar-refractivity contribution in [1.29, 1.82) is 0 Å². The van der Waals surface area contributed by atoms with Crippen LogP contribution in [0.3, 0.4) is 0 Å². The van der Waals surface area contributed by atoms with Gasteiger partial charge < -0.3 is 20.1 Å². The number of anilines is 2. The number of aromatic nitrogens is 3. The van der Waals surface area contributed by atoms with Gasteiger partial charge in [-0.1, -0.05) is 12.1 Å². The average Bonchev–Trinajstić information content (AvgIpc) is 2.60. The van der Waals surface area contributed by atoms with Gasteiger partial charge in [-0.3, -0.25) is 0 Å². The molecule has 0 saturated carbocycles. The lowest BCUT2D eigenvalue weighted by Crippen LogP contribution is -2.10. The molecule has 0 amide bonds. The van der Waals surface area contributed by atoms with Gasteiger partial charge in [-0.15, -0.1) is 11.7 Å². The lowest BCUT2D eigenvalue weighted by Gasteiger charge is -2.10. The fourth-order valence-electron chi connectivity index (χ4n) is 2.00. The Bertz CT molecular complexity index is 648. The van der Waals surface area contributed by atoms with E-state index in [9.17, 15) is 0 Å². The minimum atomic E-state index is 0.486. The molecule has 0 saturated heterocycles. The summed E-state index contributed by atoms with van der Waals surface area (Å²) < 4.78 is 10.5. The number of hydrogen-bond donors (Lipinski definition) is 2. The Morgan fingerprint density at radius 1 is 1.17 bits per heavy atom. The quantitative estimate of drug-likeness (QED) is 0.686. The number of nitrogens with zero attached hydrogens (tertiary/aromatic N) is 3. The molecule has 0 unspecified atom stereocenters. The van der Waals surface area contributed by atoms with Crippen molar-refractivity contribution in [1.82, 2.24) is 15.2 Å². The molecule has 2 N–H and O–H groups in total. The van der Waals surface area contributed by atoms with Crippen LogP contribution in [0.1, 0.15) is 5.56 Å². The first-order chi connectivity index (χ1) is 11.3. The number of rotatable bonds is 9. The van der Waals surface area contributed by atoms with Crippen LogP contribution in [-0.4, -0.2) is 42.5 Å². The van der Waals surface area contributed by atoms with Crippen LogP contribution in [0.15, 0.2) is 37.1 Å². The Morgan fingerprint density at radius 2 is 2.00 bits per heavy atom. The summed E-state index contributed by atoms with van der Waals surface area (Å²) in [6, 6.07) is 5.86. The zero-order chi connectivity index (χ0) is 16.5. The molecule has 7 heteroatoms. The Balaban J connectivity index is 1.90. The van der Waals surface area contributed by atoms with E-state index in [2.05, 4.69) is 32.4 Å². The largest absolute Gasteiger partial charge is 0.493 e. The number of hydrogen-bond acceptors (Lipinski definition) is 7. The van der Waals surface area contributed by atoms with Crippen LogP contribution in [0.5, 0.6) is 11.5 Å². The maximum absolute atomic E-state index is 5.30. The molecule has 0 fully saturated rings. The molecular formula is C16H21N5O2. The van der Waals surface area contributed by atoms with E-state index in [0.29, 0.717) is 24.9 Å². The van der Waals surface area contributed by atoms with Crippen molar-refractivity contribution < 1.29 is 9.47 Å². The molecule has 1 heterocycles. The maximum atomic E-state index is 5.30. The Hall–Kier alpha value is -2.83. The van der Waals surface area contributed by atoms with Crippen molar-refractivity contribution in [3.05, 3.63) is 42.6 Å². The molecule has 0 radical (unpaired) electrons. The van der Waals surface area contributed by atoms with Gasteiger partial charge in [0.1, 0.15) is 0 Å². The van der Waals surface area contributed by atoms with E-state index >= 15 is 0 Å². The van der Waals surface area contributed by atoms with Gasteiger partial charge in [0.2, 0.25) is 5.95 Å². The Morgan fingerprint density at radius 3 is 2.74 bits per heavy atom. The fraction of sp³-hybridized carbons (Fsp3) is 0.312. The van der Waals surface area contributed by atoms with E-state index < -0.39 is 0 Å². The summed E-state index contributed by atoms with van der Waals surface area (Å²) in [6.45, 7) is 4.96. The molecule has 1 aromatic heterocycles. The number of benzene rings is 1. The van der Waals surface area contributed by atoms with Crippen molar-refractivity contribution in [2.45, 2.75) is 6.42 Å². The van der Waals surface area contributed by atoms with E-state index in [1.807, 2.05) is 18.2 Å². The summed E-state index contributed by atoms with van der Waals surface area (Å²) in [4.78, 5) is 4.31. The topological polar surface area (TPSA) is 81.2 Å². The standard InChI is InChI=1S/C16H21N5O2/c1-4-8-17-15-11-19-21-16(20-15)18-9-7-12-5-6-13(22-2)14(10-12)23-3/h4-6,10-11H,1,7-9H2,2-3H3,(H2,17,18,20,21). The molecule has 0 aliphatic carbocycles. The van der Waals surface area contributed by atoms with E-state index in [1.165, 1.54) is 0 Å². The zero-order valence-corrected chi connectivity index (χ0v) is 13.4. The summed E-state index contributed by atoms with van der Waals surface area (Å²) in [5.74, 6) is 2.59. The van der Waals surface area contributed by atoms with Gasteiger partial charge in [-0.2, -0.15) is 10.1 Å². The minimum absolute atomic E-state index is 0.486. The molecule has 122 valence electrons. The van der Waals surface area contributed by atoms with Crippen LogP contribution in [-0.2, 0) is 6.42 Å². The highest BCUT2D eigenvalue weighted by molar-refractivity contribution is 5.43. The van der Waals surface area contributed by atoms with Gasteiger partial charge in [0.25, 0.3) is 0 Å². The molecule has 0 atom stereocenters. The van der Waals surface area contributed by atoms with Crippen molar-refractivity contribution in [3.8, 4) is 11.5 Å². The highest BCUT2D eigenvalue weighted by atomic mass is 16.5. The van der Waals surface area contributed by atoms with Crippen LogP contribution in [0.4, 0.5) is 11.8 Å². The molecule has 0 spiro atoms. The first-order valence-electron chi connectivity index (χ1n) is 7.26. The van der Waals surface area contributed by atoms with Crippen LogP contribution >= 0.6 is 0 Å². The van der Waals surface area contributed by atoms with Gasteiger partial charge in [0.15, 0.2) is 17.3 Å². The van der Waals surface area contributed by atoms with E-state index in [-0.39, 0.29) is 0 Å². The second-order valence-electron chi connectivity index (χ2n) is 4.70. The lowest BCUT2D eigenvalue weighted by molar-refractivity contribution is 0.354. The smallest absolute Gasteiger partial charge is 0.244 e. The third-order valence-electron chi connectivity index (χ3n) is 3.13. The molecule has 1 aromatic carbocycles. The fourth-order valence-corrected chi connectivity index (χ4v) is 2.00. The Kier molecular flexibility index (Phi) is 6.17. The van der Waals surface area contributed by atoms with Crippen LogP contribution in [0.2, 0.25) is 0 Å². The van der Waals surface area contributed by atoms with Gasteiger partial charge in [-0.25, -0.2) is 0 Å². The molecule has 2 rings (SSSR count). The summed E-state index contributed by atoms with van der Waals surface area (Å²) in [7, 11) is 3.25. The normalized spacial score (nSPS) is 10.0. The second-order valence-corrected chi connectivity index (χ2v) is 4.70. The van der Waals surface area contributed by atoms with E-state index in [1.54, 1.807) is 26.5 Å². The van der Waals surface area contributed by atoms with E-state index in [4.69, 9.17) is 9.47 Å².